The Balaban J connectivity index is 2.94. The highest BCUT2D eigenvalue weighted by atomic mass is 32.2. The molecule has 1 aromatic heterocycles. The maximum absolute atomic E-state index is 11.8. The average molecular weight is 245 g/mol. The van der Waals surface area contributed by atoms with Crippen LogP contribution in [-0.2, 0) is 14.8 Å². The van der Waals surface area contributed by atoms with E-state index >= 15 is 0 Å². The Bertz CT molecular complexity index is 447. The van der Waals surface area contributed by atoms with E-state index in [1.807, 2.05) is 0 Å². The molecule has 0 unspecified atom stereocenters. The van der Waals surface area contributed by atoms with E-state index in [0.29, 0.717) is 11.4 Å². The van der Waals surface area contributed by atoms with Gasteiger partial charge in [0.1, 0.15) is 0 Å². The summed E-state index contributed by atoms with van der Waals surface area (Å²) in [5.74, 6) is -0.0816. The number of hydrogen-bond acceptors (Lipinski definition) is 5. The number of ether oxygens (including phenoxy) is 1. The van der Waals surface area contributed by atoms with Crippen molar-refractivity contribution in [1.82, 2.24) is 4.98 Å². The molecule has 1 heterocycles. The second kappa shape index (κ2) is 5.13. The van der Waals surface area contributed by atoms with Gasteiger partial charge >= 0.3 is 0 Å². The quantitative estimate of drug-likeness (QED) is 0.793. The second-order valence-electron chi connectivity index (χ2n) is 3.21. The lowest BCUT2D eigenvalue weighted by atomic mass is 10.3. The Morgan fingerprint density at radius 1 is 1.56 bits per heavy atom. The summed E-state index contributed by atoms with van der Waals surface area (Å²) < 4.78 is 29.5. The molecule has 0 atom stereocenters. The number of sulfonamides is 1. The number of hydrogen-bond donors (Lipinski definition) is 1. The fourth-order valence-electron chi connectivity index (χ4n) is 1.16. The molecule has 0 bridgehead atoms. The molecule has 0 spiro atoms. The predicted molar refractivity (Wildman–Crippen MR) is 62.7 cm³/mol. The van der Waals surface area contributed by atoms with Crippen molar-refractivity contribution in [3.63, 3.8) is 0 Å². The van der Waals surface area contributed by atoms with E-state index in [0.717, 1.165) is 4.31 Å². The van der Waals surface area contributed by atoms with Crippen LogP contribution in [0.2, 0.25) is 0 Å². The van der Waals surface area contributed by atoms with Crippen LogP contribution in [0.15, 0.2) is 18.5 Å². The maximum Gasteiger partial charge on any atom is 0.237 e. The van der Waals surface area contributed by atoms with Crippen LogP contribution in [0.3, 0.4) is 0 Å². The molecule has 0 aliphatic carbocycles. The van der Waals surface area contributed by atoms with Gasteiger partial charge in [-0.3, -0.25) is 9.29 Å². The zero-order valence-electron chi connectivity index (χ0n) is 9.25. The van der Waals surface area contributed by atoms with Gasteiger partial charge in [0.05, 0.1) is 29.9 Å². The Hall–Kier alpha value is -1.34. The van der Waals surface area contributed by atoms with Crippen molar-refractivity contribution in [2.24, 2.45) is 0 Å². The molecular formula is C9H15N3O3S. The molecule has 0 amide bonds. The molecule has 0 saturated heterocycles. The largest absolute Gasteiger partial charge is 0.396 e. The van der Waals surface area contributed by atoms with Crippen molar-refractivity contribution in [3.05, 3.63) is 18.5 Å². The minimum Gasteiger partial charge on any atom is -0.396 e. The van der Waals surface area contributed by atoms with Crippen molar-refractivity contribution < 1.29 is 13.2 Å². The summed E-state index contributed by atoms with van der Waals surface area (Å²) in [7, 11) is -0.488. The van der Waals surface area contributed by atoms with Gasteiger partial charge in [0.2, 0.25) is 10.0 Å². The summed E-state index contributed by atoms with van der Waals surface area (Å²) in [5, 5.41) is 0. The first-order chi connectivity index (χ1) is 7.49. The van der Waals surface area contributed by atoms with E-state index in [4.69, 9.17) is 10.5 Å². The van der Waals surface area contributed by atoms with Gasteiger partial charge in [-0.2, -0.15) is 0 Å². The van der Waals surface area contributed by atoms with Crippen LogP contribution in [0.25, 0.3) is 0 Å². The number of nitrogens with zero attached hydrogens (tertiary/aromatic N) is 2. The van der Waals surface area contributed by atoms with Crippen molar-refractivity contribution in [3.8, 4) is 0 Å². The monoisotopic (exact) mass is 245 g/mol. The lowest BCUT2D eigenvalue weighted by molar-refractivity contribution is 0.217. The molecule has 0 radical (unpaired) electrons. The Morgan fingerprint density at radius 2 is 2.25 bits per heavy atom. The number of anilines is 2. The molecule has 0 aromatic carbocycles. The zero-order chi connectivity index (χ0) is 12.2. The lowest BCUT2D eigenvalue weighted by Gasteiger charge is -2.20. The van der Waals surface area contributed by atoms with Crippen LogP contribution < -0.4 is 10.0 Å². The standard InChI is InChI=1S/C9H15N3O3S/c1-12(16(13,14)6-5-15-2)9-3-4-11-7-8(9)10/h3-4,7H,5-6,10H2,1-2H3. The molecule has 2 N–H and O–H groups in total. The third-order valence-electron chi connectivity index (χ3n) is 2.13. The van der Waals surface area contributed by atoms with Gasteiger partial charge in [-0.25, -0.2) is 8.42 Å². The third-order valence-corrected chi connectivity index (χ3v) is 3.84. The van der Waals surface area contributed by atoms with Crippen molar-refractivity contribution in [2.45, 2.75) is 0 Å². The normalized spacial score (nSPS) is 11.4. The molecule has 16 heavy (non-hydrogen) atoms. The van der Waals surface area contributed by atoms with Crippen LogP contribution in [0.5, 0.6) is 0 Å². The van der Waals surface area contributed by atoms with Crippen molar-refractivity contribution in [2.75, 3.05) is 36.6 Å². The number of methoxy groups -OCH3 is 1. The smallest absolute Gasteiger partial charge is 0.237 e. The topological polar surface area (TPSA) is 85.5 Å². The van der Waals surface area contributed by atoms with Crippen molar-refractivity contribution in [1.29, 1.82) is 0 Å². The van der Waals surface area contributed by atoms with E-state index in [-0.39, 0.29) is 12.4 Å². The molecule has 7 heteroatoms. The van der Waals surface area contributed by atoms with Crippen LogP contribution in [-0.4, -0.2) is 39.9 Å². The number of pyridine rings is 1. The van der Waals surface area contributed by atoms with Crippen LogP contribution in [0, 0.1) is 0 Å². The predicted octanol–water partition coefficient (Wildman–Crippen LogP) is 0.0762. The number of rotatable bonds is 5. The van der Waals surface area contributed by atoms with Gasteiger partial charge in [0.25, 0.3) is 0 Å². The summed E-state index contributed by atoms with van der Waals surface area (Å²) >= 11 is 0. The van der Waals surface area contributed by atoms with Gasteiger partial charge in [0.15, 0.2) is 0 Å². The third kappa shape index (κ3) is 2.83. The number of nitrogens with two attached hydrogens (primary N) is 1. The van der Waals surface area contributed by atoms with E-state index in [1.54, 1.807) is 6.07 Å². The number of aromatic nitrogens is 1. The van der Waals surface area contributed by atoms with Crippen molar-refractivity contribution >= 4 is 21.4 Å². The summed E-state index contributed by atoms with van der Waals surface area (Å²) in [5.41, 5.74) is 6.39. The second-order valence-corrected chi connectivity index (χ2v) is 5.33. The molecule has 1 aromatic rings. The zero-order valence-corrected chi connectivity index (χ0v) is 10.1. The van der Waals surface area contributed by atoms with E-state index in [1.165, 1.54) is 26.6 Å². The molecule has 0 saturated carbocycles. The summed E-state index contributed by atoms with van der Waals surface area (Å²) in [6.07, 6.45) is 2.91. The first kappa shape index (κ1) is 12.7. The lowest BCUT2D eigenvalue weighted by Crippen LogP contribution is -2.31. The maximum atomic E-state index is 11.8. The van der Waals surface area contributed by atoms with Gasteiger partial charge in [0, 0.05) is 20.4 Å². The van der Waals surface area contributed by atoms with E-state index in [2.05, 4.69) is 4.98 Å². The van der Waals surface area contributed by atoms with Gasteiger partial charge < -0.3 is 10.5 Å². The van der Waals surface area contributed by atoms with Crippen LogP contribution in [0.4, 0.5) is 11.4 Å². The number of nitrogen functional groups attached to an aromatic ring is 1. The molecule has 0 fully saturated rings. The summed E-state index contributed by atoms with van der Waals surface area (Å²) in [4.78, 5) is 3.80. The van der Waals surface area contributed by atoms with Gasteiger partial charge in [-0.05, 0) is 6.07 Å². The van der Waals surface area contributed by atoms with E-state index in [9.17, 15) is 8.42 Å². The molecule has 0 aliphatic rings. The molecule has 1 rings (SSSR count). The Labute approximate surface area is 95.1 Å². The Kier molecular flexibility index (Phi) is 4.08. The van der Waals surface area contributed by atoms with Crippen LogP contribution >= 0.6 is 0 Å². The highest BCUT2D eigenvalue weighted by molar-refractivity contribution is 7.92. The van der Waals surface area contributed by atoms with Gasteiger partial charge in [-0.1, -0.05) is 0 Å². The first-order valence-corrected chi connectivity index (χ1v) is 6.25. The molecule has 0 aliphatic heterocycles. The fourth-order valence-corrected chi connectivity index (χ4v) is 2.28. The Morgan fingerprint density at radius 3 is 2.81 bits per heavy atom. The first-order valence-electron chi connectivity index (χ1n) is 4.64. The highest BCUT2D eigenvalue weighted by Gasteiger charge is 2.19. The average Bonchev–Trinajstić information content (AvgIpc) is 2.26. The SMILES string of the molecule is COCCS(=O)(=O)N(C)c1ccncc1N. The molecular weight excluding hydrogens is 230 g/mol. The summed E-state index contributed by atoms with van der Waals surface area (Å²) in [6, 6.07) is 1.56. The van der Waals surface area contributed by atoms with E-state index < -0.39 is 10.0 Å². The van der Waals surface area contributed by atoms with Gasteiger partial charge in [-0.15, -0.1) is 0 Å². The minimum absolute atomic E-state index is 0.0816. The molecule has 90 valence electrons. The minimum atomic E-state index is -3.40. The summed E-state index contributed by atoms with van der Waals surface area (Å²) in [6.45, 7) is 0.150. The molecule has 6 nitrogen and oxygen atoms in total. The highest BCUT2D eigenvalue weighted by Crippen LogP contribution is 2.22. The van der Waals surface area contributed by atoms with Crippen LogP contribution in [0.1, 0.15) is 0 Å². The fraction of sp³-hybridized carbons (Fsp3) is 0.444.